The minimum atomic E-state index is -0.205. The Morgan fingerprint density at radius 2 is 2.06 bits per heavy atom. The fraction of sp³-hybridized carbons (Fsp3) is 0.0833. The lowest BCUT2D eigenvalue weighted by atomic mass is 10.0. The van der Waals surface area contributed by atoms with Crippen LogP contribution in [0.3, 0.4) is 0 Å². The molecule has 4 heteroatoms. The first kappa shape index (κ1) is 11.6. The SMILES string of the molecule is NC(c1cccnc1)c1cc(Cl)cc(Br)c1. The average molecular weight is 298 g/mol. The molecule has 1 atom stereocenters. The Hall–Kier alpha value is -0.900. The molecule has 2 rings (SSSR count). The molecule has 0 amide bonds. The van der Waals surface area contributed by atoms with Crippen molar-refractivity contribution >= 4 is 27.5 Å². The molecule has 2 nitrogen and oxygen atoms in total. The number of hydrogen-bond acceptors (Lipinski definition) is 2. The third-order valence-corrected chi connectivity index (χ3v) is 2.96. The first-order valence-electron chi connectivity index (χ1n) is 4.78. The Labute approximate surface area is 108 Å². The zero-order valence-electron chi connectivity index (χ0n) is 8.40. The summed E-state index contributed by atoms with van der Waals surface area (Å²) in [5.41, 5.74) is 8.07. The van der Waals surface area contributed by atoms with E-state index in [1.54, 1.807) is 12.4 Å². The van der Waals surface area contributed by atoms with E-state index in [4.69, 9.17) is 17.3 Å². The molecule has 2 aromatic rings. The van der Waals surface area contributed by atoms with Crippen molar-refractivity contribution in [1.29, 1.82) is 0 Å². The highest BCUT2D eigenvalue weighted by Gasteiger charge is 2.10. The van der Waals surface area contributed by atoms with Crippen LogP contribution < -0.4 is 5.73 Å². The van der Waals surface area contributed by atoms with Gasteiger partial charge in [-0.1, -0.05) is 33.6 Å². The molecule has 0 saturated heterocycles. The zero-order valence-corrected chi connectivity index (χ0v) is 10.7. The summed E-state index contributed by atoms with van der Waals surface area (Å²) in [5, 5.41) is 0.670. The van der Waals surface area contributed by atoms with E-state index in [1.165, 1.54) is 0 Å². The van der Waals surface area contributed by atoms with E-state index in [2.05, 4.69) is 20.9 Å². The van der Waals surface area contributed by atoms with Gasteiger partial charge in [0, 0.05) is 21.9 Å². The standard InChI is InChI=1S/C12H10BrClN2/c13-10-4-9(5-11(14)6-10)12(15)8-2-1-3-16-7-8/h1-7,12H,15H2. The number of benzene rings is 1. The highest BCUT2D eigenvalue weighted by Crippen LogP contribution is 2.25. The maximum Gasteiger partial charge on any atom is 0.0567 e. The van der Waals surface area contributed by atoms with E-state index in [1.807, 2.05) is 30.3 Å². The van der Waals surface area contributed by atoms with E-state index < -0.39 is 0 Å². The summed E-state index contributed by atoms with van der Waals surface area (Å²) in [6.45, 7) is 0. The van der Waals surface area contributed by atoms with Gasteiger partial charge in [0.25, 0.3) is 0 Å². The van der Waals surface area contributed by atoms with Gasteiger partial charge in [0.15, 0.2) is 0 Å². The Balaban J connectivity index is 2.37. The molecule has 0 fully saturated rings. The first-order chi connectivity index (χ1) is 7.66. The van der Waals surface area contributed by atoms with Crippen LogP contribution in [0.25, 0.3) is 0 Å². The lowest BCUT2D eigenvalue weighted by Crippen LogP contribution is -2.11. The molecule has 0 saturated carbocycles. The first-order valence-corrected chi connectivity index (χ1v) is 5.95. The molecular weight excluding hydrogens is 288 g/mol. The predicted molar refractivity (Wildman–Crippen MR) is 69.4 cm³/mol. The molecule has 16 heavy (non-hydrogen) atoms. The lowest BCUT2D eigenvalue weighted by Gasteiger charge is -2.12. The van der Waals surface area contributed by atoms with E-state index in [-0.39, 0.29) is 6.04 Å². The molecule has 0 radical (unpaired) electrons. The van der Waals surface area contributed by atoms with Gasteiger partial charge in [0.1, 0.15) is 0 Å². The summed E-state index contributed by atoms with van der Waals surface area (Å²) in [7, 11) is 0. The Kier molecular flexibility index (Phi) is 3.59. The second-order valence-electron chi connectivity index (χ2n) is 3.47. The molecule has 1 aromatic heterocycles. The Morgan fingerprint density at radius 1 is 1.25 bits per heavy atom. The normalized spacial score (nSPS) is 12.4. The maximum absolute atomic E-state index is 6.13. The molecule has 0 spiro atoms. The van der Waals surface area contributed by atoms with E-state index >= 15 is 0 Å². The molecule has 2 N–H and O–H groups in total. The van der Waals surface area contributed by atoms with Crippen LogP contribution in [-0.4, -0.2) is 4.98 Å². The van der Waals surface area contributed by atoms with Gasteiger partial charge < -0.3 is 5.73 Å². The fourth-order valence-electron chi connectivity index (χ4n) is 1.51. The van der Waals surface area contributed by atoms with Gasteiger partial charge in [-0.25, -0.2) is 0 Å². The van der Waals surface area contributed by atoms with Gasteiger partial charge in [0.05, 0.1) is 6.04 Å². The van der Waals surface area contributed by atoms with Gasteiger partial charge in [0.2, 0.25) is 0 Å². The molecule has 0 aliphatic heterocycles. The van der Waals surface area contributed by atoms with E-state index in [0.29, 0.717) is 5.02 Å². The highest BCUT2D eigenvalue weighted by molar-refractivity contribution is 9.10. The van der Waals surface area contributed by atoms with Gasteiger partial charge in [-0.05, 0) is 35.4 Å². The van der Waals surface area contributed by atoms with Crippen molar-refractivity contribution in [3.8, 4) is 0 Å². The van der Waals surface area contributed by atoms with Crippen molar-refractivity contribution in [2.24, 2.45) is 5.73 Å². The number of nitrogens with two attached hydrogens (primary N) is 1. The average Bonchev–Trinajstić information content (AvgIpc) is 2.28. The minimum Gasteiger partial charge on any atom is -0.320 e. The molecule has 1 heterocycles. The predicted octanol–water partition coefficient (Wildman–Crippen LogP) is 3.55. The van der Waals surface area contributed by atoms with Crippen LogP contribution in [0.15, 0.2) is 47.2 Å². The van der Waals surface area contributed by atoms with Crippen LogP contribution in [0, 0.1) is 0 Å². The second kappa shape index (κ2) is 4.95. The molecule has 0 bridgehead atoms. The summed E-state index contributed by atoms with van der Waals surface area (Å²) < 4.78 is 0.925. The van der Waals surface area contributed by atoms with Crippen LogP contribution in [0.4, 0.5) is 0 Å². The zero-order chi connectivity index (χ0) is 11.5. The van der Waals surface area contributed by atoms with E-state index in [9.17, 15) is 0 Å². The summed E-state index contributed by atoms with van der Waals surface area (Å²) in [6, 6.07) is 9.28. The van der Waals surface area contributed by atoms with Crippen molar-refractivity contribution in [1.82, 2.24) is 4.98 Å². The van der Waals surface area contributed by atoms with Crippen molar-refractivity contribution in [2.45, 2.75) is 6.04 Å². The smallest absolute Gasteiger partial charge is 0.0567 e. The summed E-state index contributed by atoms with van der Waals surface area (Å²) in [5.74, 6) is 0. The number of hydrogen-bond donors (Lipinski definition) is 1. The molecule has 82 valence electrons. The number of pyridine rings is 1. The lowest BCUT2D eigenvalue weighted by molar-refractivity contribution is 0.862. The molecule has 1 aromatic carbocycles. The number of aromatic nitrogens is 1. The molecule has 0 aliphatic carbocycles. The third kappa shape index (κ3) is 2.61. The van der Waals surface area contributed by atoms with Crippen molar-refractivity contribution in [3.05, 3.63) is 63.3 Å². The maximum atomic E-state index is 6.13. The van der Waals surface area contributed by atoms with Crippen LogP contribution in [0.5, 0.6) is 0 Å². The van der Waals surface area contributed by atoms with Gasteiger partial charge in [-0.3, -0.25) is 4.98 Å². The molecule has 0 aliphatic rings. The topological polar surface area (TPSA) is 38.9 Å². The fourth-order valence-corrected chi connectivity index (χ4v) is 2.39. The van der Waals surface area contributed by atoms with Crippen molar-refractivity contribution < 1.29 is 0 Å². The van der Waals surface area contributed by atoms with Crippen LogP contribution in [-0.2, 0) is 0 Å². The quantitative estimate of drug-likeness (QED) is 0.921. The molecule has 1 unspecified atom stereocenters. The molecular formula is C12H10BrClN2. The summed E-state index contributed by atoms with van der Waals surface area (Å²) in [4.78, 5) is 4.05. The highest BCUT2D eigenvalue weighted by atomic mass is 79.9. The van der Waals surface area contributed by atoms with Crippen molar-refractivity contribution in [2.75, 3.05) is 0 Å². The Morgan fingerprint density at radius 3 is 2.69 bits per heavy atom. The second-order valence-corrected chi connectivity index (χ2v) is 4.82. The summed E-state index contributed by atoms with van der Waals surface area (Å²) >= 11 is 9.38. The summed E-state index contributed by atoms with van der Waals surface area (Å²) in [6.07, 6.45) is 3.49. The van der Waals surface area contributed by atoms with Crippen LogP contribution in [0.1, 0.15) is 17.2 Å². The Bertz CT molecular complexity index is 467. The minimum absolute atomic E-state index is 0.205. The third-order valence-electron chi connectivity index (χ3n) is 2.29. The van der Waals surface area contributed by atoms with Crippen molar-refractivity contribution in [3.63, 3.8) is 0 Å². The number of rotatable bonds is 2. The van der Waals surface area contributed by atoms with Gasteiger partial charge >= 0.3 is 0 Å². The van der Waals surface area contributed by atoms with E-state index in [0.717, 1.165) is 15.6 Å². The monoisotopic (exact) mass is 296 g/mol. The van der Waals surface area contributed by atoms with Crippen LogP contribution >= 0.6 is 27.5 Å². The number of halogens is 2. The number of nitrogens with zero attached hydrogens (tertiary/aromatic N) is 1. The van der Waals surface area contributed by atoms with Crippen LogP contribution in [0.2, 0.25) is 5.02 Å². The van der Waals surface area contributed by atoms with Gasteiger partial charge in [-0.15, -0.1) is 0 Å². The largest absolute Gasteiger partial charge is 0.320 e. The van der Waals surface area contributed by atoms with Gasteiger partial charge in [-0.2, -0.15) is 0 Å².